The van der Waals surface area contributed by atoms with Gasteiger partial charge in [0.1, 0.15) is 11.9 Å². The van der Waals surface area contributed by atoms with Gasteiger partial charge in [-0.05, 0) is 38.5 Å². The fourth-order valence-corrected chi connectivity index (χ4v) is 2.99. The number of nitrogens with one attached hydrogen (secondary N) is 1. The first kappa shape index (κ1) is 19.8. The normalized spacial score (nSPS) is 12.3. The van der Waals surface area contributed by atoms with Gasteiger partial charge in [-0.2, -0.15) is 0 Å². The SMILES string of the molecule is CC(OCc1ccccc1)C(=O)N(Cc1nc2ccccc2c(=O)[nH]1)C(C)C. The highest BCUT2D eigenvalue weighted by atomic mass is 16.5. The van der Waals surface area contributed by atoms with Crippen LogP contribution in [0.4, 0.5) is 0 Å². The Labute approximate surface area is 164 Å². The number of nitrogens with zero attached hydrogens (tertiary/aromatic N) is 2. The van der Waals surface area contributed by atoms with Crippen LogP contribution in [0, 0.1) is 0 Å². The fourth-order valence-electron chi connectivity index (χ4n) is 2.99. The van der Waals surface area contributed by atoms with E-state index in [4.69, 9.17) is 4.74 Å². The van der Waals surface area contributed by atoms with Crippen molar-refractivity contribution in [2.75, 3.05) is 0 Å². The Morgan fingerprint density at radius 3 is 2.46 bits per heavy atom. The quantitative estimate of drug-likeness (QED) is 0.684. The molecule has 146 valence electrons. The Bertz CT molecular complexity index is 999. The number of aromatic amines is 1. The van der Waals surface area contributed by atoms with Crippen LogP contribution in [0.25, 0.3) is 10.9 Å². The predicted molar refractivity (Wildman–Crippen MR) is 109 cm³/mol. The Morgan fingerprint density at radius 2 is 1.75 bits per heavy atom. The number of H-pyrrole nitrogens is 1. The number of carbonyl (C=O) groups excluding carboxylic acids is 1. The van der Waals surface area contributed by atoms with Crippen molar-refractivity contribution in [1.82, 2.24) is 14.9 Å². The van der Waals surface area contributed by atoms with E-state index < -0.39 is 6.10 Å². The maximum atomic E-state index is 12.9. The van der Waals surface area contributed by atoms with Crippen LogP contribution in [0.2, 0.25) is 0 Å². The Hall–Kier alpha value is -2.99. The van der Waals surface area contributed by atoms with Crippen molar-refractivity contribution in [3.63, 3.8) is 0 Å². The number of para-hydroxylation sites is 1. The molecule has 6 nitrogen and oxygen atoms in total. The van der Waals surface area contributed by atoms with Crippen LogP contribution in [0.5, 0.6) is 0 Å². The number of amides is 1. The molecule has 28 heavy (non-hydrogen) atoms. The zero-order valence-electron chi connectivity index (χ0n) is 16.4. The molecule has 1 aromatic heterocycles. The first-order valence-corrected chi connectivity index (χ1v) is 9.39. The van der Waals surface area contributed by atoms with Gasteiger partial charge in [0, 0.05) is 6.04 Å². The molecule has 0 aliphatic rings. The minimum atomic E-state index is -0.602. The molecule has 1 unspecified atom stereocenters. The molecule has 0 fully saturated rings. The largest absolute Gasteiger partial charge is 0.364 e. The van der Waals surface area contributed by atoms with E-state index in [-0.39, 0.29) is 24.1 Å². The van der Waals surface area contributed by atoms with Gasteiger partial charge in [0.05, 0.1) is 24.1 Å². The number of hydrogen-bond donors (Lipinski definition) is 1. The molecule has 6 heteroatoms. The van der Waals surface area contributed by atoms with Crippen molar-refractivity contribution in [3.05, 3.63) is 76.3 Å². The first-order chi connectivity index (χ1) is 13.5. The van der Waals surface area contributed by atoms with Gasteiger partial charge in [0.2, 0.25) is 0 Å². The summed E-state index contributed by atoms with van der Waals surface area (Å²) in [5.41, 5.74) is 1.43. The third kappa shape index (κ3) is 4.64. The molecule has 0 bridgehead atoms. The molecule has 1 atom stereocenters. The van der Waals surface area contributed by atoms with Crippen LogP contribution in [0.15, 0.2) is 59.4 Å². The lowest BCUT2D eigenvalue weighted by atomic mass is 10.2. The monoisotopic (exact) mass is 379 g/mol. The molecule has 0 radical (unpaired) electrons. The summed E-state index contributed by atoms with van der Waals surface area (Å²) >= 11 is 0. The third-order valence-corrected chi connectivity index (χ3v) is 4.58. The van der Waals surface area contributed by atoms with E-state index in [0.29, 0.717) is 23.3 Å². The molecule has 1 heterocycles. The van der Waals surface area contributed by atoms with Gasteiger partial charge in [-0.15, -0.1) is 0 Å². The van der Waals surface area contributed by atoms with Gasteiger partial charge < -0.3 is 14.6 Å². The highest BCUT2D eigenvalue weighted by Gasteiger charge is 2.24. The highest BCUT2D eigenvalue weighted by molar-refractivity contribution is 5.81. The lowest BCUT2D eigenvalue weighted by Gasteiger charge is -2.29. The summed E-state index contributed by atoms with van der Waals surface area (Å²) in [5.74, 6) is 0.322. The van der Waals surface area contributed by atoms with E-state index in [1.54, 1.807) is 30.0 Å². The van der Waals surface area contributed by atoms with E-state index in [1.165, 1.54) is 0 Å². The van der Waals surface area contributed by atoms with Gasteiger partial charge in [0.25, 0.3) is 11.5 Å². The molecule has 3 aromatic rings. The van der Waals surface area contributed by atoms with E-state index in [0.717, 1.165) is 5.56 Å². The van der Waals surface area contributed by atoms with E-state index >= 15 is 0 Å². The van der Waals surface area contributed by atoms with E-state index in [2.05, 4.69) is 9.97 Å². The van der Waals surface area contributed by atoms with Crippen LogP contribution in [0.1, 0.15) is 32.2 Å². The van der Waals surface area contributed by atoms with Crippen LogP contribution >= 0.6 is 0 Å². The van der Waals surface area contributed by atoms with Crippen molar-refractivity contribution in [3.8, 4) is 0 Å². The van der Waals surface area contributed by atoms with E-state index in [1.807, 2.05) is 50.2 Å². The van der Waals surface area contributed by atoms with Crippen LogP contribution in [0.3, 0.4) is 0 Å². The molecule has 3 rings (SSSR count). The first-order valence-electron chi connectivity index (χ1n) is 9.39. The maximum Gasteiger partial charge on any atom is 0.258 e. The number of carbonyl (C=O) groups is 1. The van der Waals surface area contributed by atoms with Crippen molar-refractivity contribution in [1.29, 1.82) is 0 Å². The molecular weight excluding hydrogens is 354 g/mol. The average molecular weight is 379 g/mol. The van der Waals surface area contributed by atoms with Gasteiger partial charge in [-0.1, -0.05) is 42.5 Å². The summed E-state index contributed by atoms with van der Waals surface area (Å²) in [4.78, 5) is 34.2. The minimum absolute atomic E-state index is 0.0629. The number of rotatable bonds is 7. The number of ether oxygens (including phenoxy) is 1. The number of fused-ring (bicyclic) bond motifs is 1. The molecule has 1 N–H and O–H groups in total. The molecule has 0 saturated carbocycles. The number of hydrogen-bond acceptors (Lipinski definition) is 4. The second-order valence-corrected chi connectivity index (χ2v) is 7.03. The fraction of sp³-hybridized carbons (Fsp3) is 0.318. The topological polar surface area (TPSA) is 75.3 Å². The predicted octanol–water partition coefficient (Wildman–Crippen LogP) is 3.27. The van der Waals surface area contributed by atoms with Gasteiger partial charge in [-0.3, -0.25) is 9.59 Å². The zero-order valence-corrected chi connectivity index (χ0v) is 16.4. The average Bonchev–Trinajstić information content (AvgIpc) is 2.70. The Balaban J connectivity index is 1.74. The smallest absolute Gasteiger partial charge is 0.258 e. The second kappa shape index (κ2) is 8.80. The molecule has 0 saturated heterocycles. The molecule has 0 aliphatic carbocycles. The molecule has 2 aromatic carbocycles. The Kier molecular flexibility index (Phi) is 6.21. The molecular formula is C22H25N3O3. The van der Waals surface area contributed by atoms with Gasteiger partial charge in [0.15, 0.2) is 0 Å². The molecule has 0 aliphatic heterocycles. The highest BCUT2D eigenvalue weighted by Crippen LogP contribution is 2.12. The van der Waals surface area contributed by atoms with Crippen LogP contribution < -0.4 is 5.56 Å². The summed E-state index contributed by atoms with van der Waals surface area (Å²) in [5, 5.41) is 0.535. The lowest BCUT2D eigenvalue weighted by molar-refractivity contribution is -0.146. The second-order valence-electron chi connectivity index (χ2n) is 7.03. The maximum absolute atomic E-state index is 12.9. The van der Waals surface area contributed by atoms with Crippen molar-refractivity contribution in [2.45, 2.75) is 46.1 Å². The summed E-state index contributed by atoms with van der Waals surface area (Å²) in [7, 11) is 0. The van der Waals surface area contributed by atoms with Crippen LogP contribution in [-0.4, -0.2) is 32.9 Å². The summed E-state index contributed by atoms with van der Waals surface area (Å²) in [6.07, 6.45) is -0.602. The Morgan fingerprint density at radius 1 is 1.07 bits per heavy atom. The van der Waals surface area contributed by atoms with E-state index in [9.17, 15) is 9.59 Å². The number of benzene rings is 2. The minimum Gasteiger partial charge on any atom is -0.364 e. The van der Waals surface area contributed by atoms with Crippen LogP contribution in [-0.2, 0) is 22.7 Å². The van der Waals surface area contributed by atoms with Crippen molar-refractivity contribution < 1.29 is 9.53 Å². The van der Waals surface area contributed by atoms with Crippen molar-refractivity contribution >= 4 is 16.8 Å². The standard InChI is InChI=1S/C22H25N3O3/c1-15(2)25(22(27)16(3)28-14-17-9-5-4-6-10-17)13-20-23-19-12-8-7-11-18(19)21(26)24-20/h4-12,15-16H,13-14H2,1-3H3,(H,23,24,26). The third-order valence-electron chi connectivity index (χ3n) is 4.58. The zero-order chi connectivity index (χ0) is 20.1. The molecule has 1 amide bonds. The van der Waals surface area contributed by atoms with Gasteiger partial charge >= 0.3 is 0 Å². The lowest BCUT2D eigenvalue weighted by Crippen LogP contribution is -2.43. The summed E-state index contributed by atoms with van der Waals surface area (Å²) in [6, 6.07) is 16.8. The van der Waals surface area contributed by atoms with Gasteiger partial charge in [-0.25, -0.2) is 4.98 Å². The number of aromatic nitrogens is 2. The summed E-state index contributed by atoms with van der Waals surface area (Å²) in [6.45, 7) is 6.19. The van der Waals surface area contributed by atoms with Crippen molar-refractivity contribution in [2.24, 2.45) is 0 Å². The molecule has 0 spiro atoms. The summed E-state index contributed by atoms with van der Waals surface area (Å²) < 4.78 is 5.77.